The average Bonchev–Trinajstić information content (AvgIpc) is 2.62. The number of aliphatic hydroxyl groups excluding tert-OH is 1. The highest BCUT2D eigenvalue weighted by Crippen LogP contribution is 2.36. The van der Waals surface area contributed by atoms with Crippen LogP contribution < -0.4 is 4.74 Å². The molecule has 2 rings (SSSR count). The van der Waals surface area contributed by atoms with Crippen LogP contribution in [-0.4, -0.2) is 11.7 Å². The van der Waals surface area contributed by atoms with E-state index in [4.69, 9.17) is 4.74 Å². The highest BCUT2D eigenvalue weighted by Gasteiger charge is 2.22. The molecule has 0 aromatic heterocycles. The third-order valence-electron chi connectivity index (χ3n) is 2.77. The average molecular weight is 204 g/mol. The van der Waals surface area contributed by atoms with Crippen molar-refractivity contribution in [2.45, 2.75) is 25.9 Å². The van der Waals surface area contributed by atoms with Gasteiger partial charge in [0.15, 0.2) is 0 Å². The first-order chi connectivity index (χ1) is 7.33. The lowest BCUT2D eigenvalue weighted by Gasteiger charge is -2.09. The Balaban J connectivity index is 2.18. The summed E-state index contributed by atoms with van der Waals surface area (Å²) in [5.41, 5.74) is 2.21. The van der Waals surface area contributed by atoms with Crippen LogP contribution in [0.5, 0.6) is 5.75 Å². The molecule has 0 bridgehead atoms. The van der Waals surface area contributed by atoms with Gasteiger partial charge >= 0.3 is 0 Å². The molecule has 0 aliphatic heterocycles. The molecule has 0 saturated carbocycles. The number of rotatable bonds is 3. The van der Waals surface area contributed by atoms with Gasteiger partial charge in [0.1, 0.15) is 12.4 Å². The summed E-state index contributed by atoms with van der Waals surface area (Å²) in [6.45, 7) is 2.57. The van der Waals surface area contributed by atoms with E-state index >= 15 is 0 Å². The Kier molecular flexibility index (Phi) is 3.07. The zero-order valence-corrected chi connectivity index (χ0v) is 8.94. The van der Waals surface area contributed by atoms with Crippen molar-refractivity contribution in [2.24, 2.45) is 0 Å². The highest BCUT2D eigenvalue weighted by molar-refractivity contribution is 5.44. The van der Waals surface area contributed by atoms with Crippen LogP contribution in [0.2, 0.25) is 0 Å². The van der Waals surface area contributed by atoms with Crippen molar-refractivity contribution in [3.8, 4) is 5.75 Å². The summed E-state index contributed by atoms with van der Waals surface area (Å²) in [5.74, 6) is 0.919. The molecule has 2 nitrogen and oxygen atoms in total. The van der Waals surface area contributed by atoms with Crippen LogP contribution in [0.3, 0.4) is 0 Å². The minimum Gasteiger partial charge on any atom is -0.489 e. The molecule has 0 saturated heterocycles. The summed E-state index contributed by atoms with van der Waals surface area (Å²) in [6.07, 6.45) is 5.38. The predicted octanol–water partition coefficient (Wildman–Crippen LogP) is 2.62. The second kappa shape index (κ2) is 4.49. The summed E-state index contributed by atoms with van der Waals surface area (Å²) in [6, 6.07) is 5.90. The molecule has 0 heterocycles. The first-order valence-electron chi connectivity index (χ1n) is 5.36. The summed E-state index contributed by atoms with van der Waals surface area (Å²) in [7, 11) is 0. The normalized spacial score (nSPS) is 19.5. The lowest BCUT2D eigenvalue weighted by molar-refractivity contribution is 0.180. The maximum Gasteiger partial charge on any atom is 0.123 e. The Morgan fingerprint density at radius 3 is 3.20 bits per heavy atom. The van der Waals surface area contributed by atoms with E-state index in [1.165, 1.54) is 5.56 Å². The molecule has 1 aromatic carbocycles. The first-order valence-corrected chi connectivity index (χ1v) is 5.36. The quantitative estimate of drug-likeness (QED) is 0.767. The number of hydrogen-bond donors (Lipinski definition) is 1. The van der Waals surface area contributed by atoms with Crippen LogP contribution >= 0.6 is 0 Å². The van der Waals surface area contributed by atoms with Crippen LogP contribution in [0.1, 0.15) is 30.6 Å². The van der Waals surface area contributed by atoms with Crippen molar-refractivity contribution >= 4 is 0 Å². The van der Waals surface area contributed by atoms with Crippen LogP contribution in [-0.2, 0) is 6.42 Å². The van der Waals surface area contributed by atoms with E-state index in [1.807, 2.05) is 37.3 Å². The Bertz CT molecular complexity index is 369. The molecular weight excluding hydrogens is 188 g/mol. The minimum atomic E-state index is -0.301. The second-order valence-electron chi connectivity index (χ2n) is 3.76. The van der Waals surface area contributed by atoms with E-state index < -0.39 is 0 Å². The number of hydrogen-bond acceptors (Lipinski definition) is 2. The van der Waals surface area contributed by atoms with Crippen molar-refractivity contribution in [3.63, 3.8) is 0 Å². The van der Waals surface area contributed by atoms with E-state index in [1.54, 1.807) is 0 Å². The molecule has 1 atom stereocenters. The third-order valence-corrected chi connectivity index (χ3v) is 2.77. The van der Waals surface area contributed by atoms with Gasteiger partial charge in [0, 0.05) is 5.56 Å². The van der Waals surface area contributed by atoms with E-state index in [0.717, 1.165) is 24.2 Å². The number of fused-ring (bicyclic) bond motifs is 1. The first kappa shape index (κ1) is 10.2. The van der Waals surface area contributed by atoms with E-state index in [2.05, 4.69) is 0 Å². The molecule has 0 radical (unpaired) electrons. The van der Waals surface area contributed by atoms with Gasteiger partial charge in [-0.3, -0.25) is 0 Å². The number of ether oxygens (including phenoxy) is 1. The van der Waals surface area contributed by atoms with Gasteiger partial charge in [-0.1, -0.05) is 24.3 Å². The van der Waals surface area contributed by atoms with E-state index in [-0.39, 0.29) is 6.10 Å². The van der Waals surface area contributed by atoms with Crippen LogP contribution in [0.15, 0.2) is 30.4 Å². The Morgan fingerprint density at radius 2 is 2.40 bits per heavy atom. The zero-order chi connectivity index (χ0) is 10.7. The Morgan fingerprint density at radius 1 is 1.53 bits per heavy atom. The van der Waals surface area contributed by atoms with Crippen LogP contribution in [0.25, 0.3) is 0 Å². The molecule has 0 spiro atoms. The van der Waals surface area contributed by atoms with Gasteiger partial charge in [-0.05, 0) is 31.4 Å². The van der Waals surface area contributed by atoms with Crippen molar-refractivity contribution in [1.29, 1.82) is 0 Å². The van der Waals surface area contributed by atoms with Gasteiger partial charge in [-0.2, -0.15) is 0 Å². The Labute approximate surface area is 90.2 Å². The number of benzene rings is 1. The van der Waals surface area contributed by atoms with E-state index in [9.17, 15) is 5.11 Å². The van der Waals surface area contributed by atoms with Gasteiger partial charge < -0.3 is 9.84 Å². The molecule has 1 N–H and O–H groups in total. The topological polar surface area (TPSA) is 29.5 Å². The SMILES string of the molecule is CC=CCOc1cccc2c1CCC2O. The standard InChI is InChI=1S/C13H16O2/c1-2-3-9-15-13-6-4-5-10-11(13)7-8-12(10)14/h2-6,12,14H,7-9H2,1H3. The number of allylic oxidation sites excluding steroid dienone is 1. The molecule has 15 heavy (non-hydrogen) atoms. The van der Waals surface area contributed by atoms with Gasteiger partial charge in [0.25, 0.3) is 0 Å². The van der Waals surface area contributed by atoms with Gasteiger partial charge in [0.2, 0.25) is 0 Å². The monoisotopic (exact) mass is 204 g/mol. The lowest BCUT2D eigenvalue weighted by atomic mass is 10.1. The Hall–Kier alpha value is -1.28. The minimum absolute atomic E-state index is 0.301. The van der Waals surface area contributed by atoms with Crippen LogP contribution in [0.4, 0.5) is 0 Å². The molecule has 80 valence electrons. The summed E-state index contributed by atoms with van der Waals surface area (Å²) in [4.78, 5) is 0. The zero-order valence-electron chi connectivity index (χ0n) is 8.94. The van der Waals surface area contributed by atoms with Gasteiger partial charge in [-0.15, -0.1) is 0 Å². The van der Waals surface area contributed by atoms with E-state index in [0.29, 0.717) is 6.61 Å². The number of aliphatic hydroxyl groups is 1. The summed E-state index contributed by atoms with van der Waals surface area (Å²) < 4.78 is 5.64. The predicted molar refractivity (Wildman–Crippen MR) is 60.0 cm³/mol. The third kappa shape index (κ3) is 2.05. The maximum atomic E-state index is 9.71. The fraction of sp³-hybridized carbons (Fsp3) is 0.385. The molecule has 0 amide bonds. The molecule has 1 aromatic rings. The molecule has 0 fully saturated rings. The maximum absolute atomic E-state index is 9.71. The molecule has 2 heteroatoms. The molecule has 1 aliphatic rings. The summed E-state index contributed by atoms with van der Waals surface area (Å²) >= 11 is 0. The lowest BCUT2D eigenvalue weighted by Crippen LogP contribution is -1.97. The fourth-order valence-electron chi connectivity index (χ4n) is 1.97. The van der Waals surface area contributed by atoms with Crippen molar-refractivity contribution in [2.75, 3.05) is 6.61 Å². The van der Waals surface area contributed by atoms with Gasteiger partial charge in [-0.25, -0.2) is 0 Å². The fourth-order valence-corrected chi connectivity index (χ4v) is 1.97. The van der Waals surface area contributed by atoms with Gasteiger partial charge in [0.05, 0.1) is 6.10 Å². The van der Waals surface area contributed by atoms with Crippen molar-refractivity contribution in [1.82, 2.24) is 0 Å². The van der Waals surface area contributed by atoms with Crippen molar-refractivity contribution < 1.29 is 9.84 Å². The highest BCUT2D eigenvalue weighted by atomic mass is 16.5. The largest absolute Gasteiger partial charge is 0.489 e. The second-order valence-corrected chi connectivity index (χ2v) is 3.76. The molecule has 1 unspecified atom stereocenters. The summed E-state index contributed by atoms with van der Waals surface area (Å²) in [5, 5.41) is 9.71. The smallest absolute Gasteiger partial charge is 0.123 e. The van der Waals surface area contributed by atoms with Crippen molar-refractivity contribution in [3.05, 3.63) is 41.5 Å². The molecular formula is C13H16O2. The van der Waals surface area contributed by atoms with Crippen LogP contribution in [0, 0.1) is 0 Å². The molecule has 1 aliphatic carbocycles.